The molecule has 5 atom stereocenters. The van der Waals surface area contributed by atoms with Gasteiger partial charge in [0.05, 0.1) is 19.1 Å². The van der Waals surface area contributed by atoms with Crippen molar-refractivity contribution in [2.75, 3.05) is 21.0 Å². The zero-order valence-electron chi connectivity index (χ0n) is 15.8. The first-order valence-electron chi connectivity index (χ1n) is 9.07. The van der Waals surface area contributed by atoms with E-state index < -0.39 is 11.7 Å². The Kier molecular flexibility index (Phi) is 4.48. The number of carbonyl (C=O) groups is 1. The van der Waals surface area contributed by atoms with E-state index in [9.17, 15) is 4.79 Å². The lowest BCUT2D eigenvalue weighted by atomic mass is 9.71. The van der Waals surface area contributed by atoms with Crippen molar-refractivity contribution in [3.8, 4) is 11.5 Å². The molecule has 0 unspecified atom stereocenters. The minimum absolute atomic E-state index is 0.0250. The first-order chi connectivity index (χ1) is 13.1. The highest BCUT2D eigenvalue weighted by Crippen LogP contribution is 2.55. The summed E-state index contributed by atoms with van der Waals surface area (Å²) in [4.78, 5) is 12.7. The van der Waals surface area contributed by atoms with Crippen LogP contribution in [0.3, 0.4) is 0 Å². The molecule has 0 amide bonds. The smallest absolute Gasteiger partial charge is 0.231 e. The summed E-state index contributed by atoms with van der Waals surface area (Å²) in [6.07, 6.45) is 3.08. The number of rotatable bonds is 5. The van der Waals surface area contributed by atoms with Gasteiger partial charge in [-0.05, 0) is 24.1 Å². The molecule has 1 aliphatic carbocycles. The molecule has 3 aliphatic rings. The Labute approximate surface area is 158 Å². The van der Waals surface area contributed by atoms with Gasteiger partial charge in [0.25, 0.3) is 0 Å². The quantitative estimate of drug-likeness (QED) is 0.740. The molecule has 0 spiro atoms. The van der Waals surface area contributed by atoms with Crippen LogP contribution in [0.2, 0.25) is 0 Å². The highest BCUT2D eigenvalue weighted by Gasteiger charge is 2.63. The number of ether oxygens (including phenoxy) is 5. The van der Waals surface area contributed by atoms with E-state index in [1.54, 1.807) is 26.4 Å². The molecule has 1 aromatic rings. The highest BCUT2D eigenvalue weighted by atomic mass is 16.7. The molecule has 6 heteroatoms. The fourth-order valence-electron chi connectivity index (χ4n) is 4.62. The van der Waals surface area contributed by atoms with Gasteiger partial charge in [0.1, 0.15) is 11.9 Å². The third-order valence-corrected chi connectivity index (χ3v) is 5.94. The van der Waals surface area contributed by atoms with Gasteiger partial charge in [-0.2, -0.15) is 0 Å². The van der Waals surface area contributed by atoms with Crippen LogP contribution >= 0.6 is 0 Å². The van der Waals surface area contributed by atoms with Crippen LogP contribution in [-0.4, -0.2) is 38.5 Å². The largest absolute Gasteiger partial charge is 0.498 e. The monoisotopic (exact) mass is 372 g/mol. The molecule has 0 radical (unpaired) electrons. The average Bonchev–Trinajstić information content (AvgIpc) is 3.26. The Balaban J connectivity index is 1.78. The van der Waals surface area contributed by atoms with E-state index in [4.69, 9.17) is 23.7 Å². The second-order valence-corrected chi connectivity index (χ2v) is 7.12. The normalized spacial score (nSPS) is 34.2. The molecular formula is C21H24O6. The fourth-order valence-corrected chi connectivity index (χ4v) is 4.62. The van der Waals surface area contributed by atoms with Gasteiger partial charge < -0.3 is 23.7 Å². The Bertz CT molecular complexity index is 800. The Morgan fingerprint density at radius 1 is 1.30 bits per heavy atom. The minimum Gasteiger partial charge on any atom is -0.498 e. The average molecular weight is 372 g/mol. The van der Waals surface area contributed by atoms with Gasteiger partial charge >= 0.3 is 0 Å². The molecule has 27 heavy (non-hydrogen) atoms. The molecule has 1 saturated heterocycles. The maximum absolute atomic E-state index is 12.7. The minimum atomic E-state index is -0.836. The number of hydrogen-bond acceptors (Lipinski definition) is 6. The van der Waals surface area contributed by atoms with Crippen LogP contribution < -0.4 is 9.47 Å². The Morgan fingerprint density at radius 2 is 2.07 bits per heavy atom. The van der Waals surface area contributed by atoms with Crippen molar-refractivity contribution in [3.05, 3.63) is 48.3 Å². The molecule has 1 aromatic carbocycles. The summed E-state index contributed by atoms with van der Waals surface area (Å²) in [6, 6.07) is 5.79. The summed E-state index contributed by atoms with van der Waals surface area (Å²) >= 11 is 0. The number of hydrogen-bond donors (Lipinski definition) is 0. The maximum Gasteiger partial charge on any atom is 0.231 e. The maximum atomic E-state index is 12.7. The van der Waals surface area contributed by atoms with Gasteiger partial charge in [0, 0.05) is 19.1 Å². The molecule has 0 saturated carbocycles. The van der Waals surface area contributed by atoms with Gasteiger partial charge in [0.2, 0.25) is 6.79 Å². The number of allylic oxidation sites excluding steroid dienone is 2. The van der Waals surface area contributed by atoms with Gasteiger partial charge in [-0.15, -0.1) is 6.58 Å². The van der Waals surface area contributed by atoms with Crippen molar-refractivity contribution in [1.82, 2.24) is 0 Å². The first-order valence-corrected chi connectivity index (χ1v) is 9.07. The van der Waals surface area contributed by atoms with Gasteiger partial charge in [-0.1, -0.05) is 19.1 Å². The van der Waals surface area contributed by atoms with Gasteiger partial charge in [-0.3, -0.25) is 4.79 Å². The van der Waals surface area contributed by atoms with E-state index in [2.05, 4.69) is 13.5 Å². The number of methoxy groups -OCH3 is 2. The molecule has 0 bridgehead atoms. The molecule has 4 rings (SSSR count). The molecule has 2 aliphatic heterocycles. The zero-order chi connectivity index (χ0) is 19.2. The number of benzene rings is 1. The summed E-state index contributed by atoms with van der Waals surface area (Å²) in [5.41, 5.74) is 0.120. The van der Waals surface area contributed by atoms with Crippen LogP contribution in [-0.2, 0) is 19.0 Å². The van der Waals surface area contributed by atoms with Crippen LogP contribution in [0.1, 0.15) is 25.0 Å². The Hall–Kier alpha value is -2.31. The summed E-state index contributed by atoms with van der Waals surface area (Å²) in [6.45, 7) is 6.08. The third-order valence-electron chi connectivity index (χ3n) is 5.94. The van der Waals surface area contributed by atoms with Crippen LogP contribution in [0, 0.1) is 11.8 Å². The summed E-state index contributed by atoms with van der Waals surface area (Å²) in [5.74, 6) is 1.47. The highest BCUT2D eigenvalue weighted by molar-refractivity contribution is 5.94. The Morgan fingerprint density at radius 3 is 2.78 bits per heavy atom. The van der Waals surface area contributed by atoms with E-state index >= 15 is 0 Å². The molecule has 2 heterocycles. The lowest BCUT2D eigenvalue weighted by Gasteiger charge is -2.42. The van der Waals surface area contributed by atoms with Crippen LogP contribution in [0.25, 0.3) is 0 Å². The lowest BCUT2D eigenvalue weighted by molar-refractivity contribution is -0.141. The molecule has 0 N–H and O–H groups in total. The van der Waals surface area contributed by atoms with E-state index in [1.165, 1.54) is 0 Å². The van der Waals surface area contributed by atoms with Crippen molar-refractivity contribution in [3.63, 3.8) is 0 Å². The lowest BCUT2D eigenvalue weighted by Crippen LogP contribution is -2.54. The molecule has 0 aromatic heterocycles. The SMILES string of the molecule is C=CC[C@@H]1C(=O)C=C(OC)[C@]2(OC)[C@H](C)[C@@H](c3ccc4c(c3)OCO4)O[C@@H]12. The summed E-state index contributed by atoms with van der Waals surface area (Å²) < 4.78 is 29.0. The van der Waals surface area contributed by atoms with Crippen LogP contribution in [0.5, 0.6) is 11.5 Å². The number of fused-ring (bicyclic) bond motifs is 2. The molecule has 6 nitrogen and oxygen atoms in total. The third kappa shape index (κ3) is 2.51. The van der Waals surface area contributed by atoms with E-state index in [0.29, 0.717) is 17.9 Å². The second-order valence-electron chi connectivity index (χ2n) is 7.12. The number of carbonyl (C=O) groups excluding carboxylic acids is 1. The van der Waals surface area contributed by atoms with E-state index in [-0.39, 0.29) is 30.5 Å². The van der Waals surface area contributed by atoms with Crippen molar-refractivity contribution < 1.29 is 28.5 Å². The van der Waals surface area contributed by atoms with E-state index in [0.717, 1.165) is 11.3 Å². The van der Waals surface area contributed by atoms with Crippen LogP contribution in [0.4, 0.5) is 0 Å². The number of ketones is 1. The van der Waals surface area contributed by atoms with Crippen LogP contribution in [0.15, 0.2) is 42.7 Å². The standard InChI is InChI=1S/C21H24O6/c1-5-6-14-15(22)10-18(23-3)21(24-4)12(2)19(27-20(14)21)13-7-8-16-17(9-13)26-11-25-16/h5,7-10,12,14,19-20H,1,6,11H2,2-4H3/t12-,14-,19+,20+,21-/m1/s1. The van der Waals surface area contributed by atoms with Gasteiger partial charge in [-0.25, -0.2) is 0 Å². The van der Waals surface area contributed by atoms with E-state index in [1.807, 2.05) is 18.2 Å². The summed E-state index contributed by atoms with van der Waals surface area (Å²) in [5, 5.41) is 0. The fraction of sp³-hybridized carbons (Fsp3) is 0.476. The summed E-state index contributed by atoms with van der Waals surface area (Å²) in [7, 11) is 3.20. The predicted octanol–water partition coefficient (Wildman–Crippen LogP) is 3.18. The molecular weight excluding hydrogens is 348 g/mol. The van der Waals surface area contributed by atoms with Crippen molar-refractivity contribution >= 4 is 5.78 Å². The van der Waals surface area contributed by atoms with Crippen molar-refractivity contribution in [1.29, 1.82) is 0 Å². The van der Waals surface area contributed by atoms with Crippen molar-refractivity contribution in [2.24, 2.45) is 11.8 Å². The van der Waals surface area contributed by atoms with Crippen molar-refractivity contribution in [2.45, 2.75) is 31.2 Å². The molecule has 144 valence electrons. The second kappa shape index (κ2) is 6.69. The molecule has 1 fully saturated rings. The van der Waals surface area contributed by atoms with Gasteiger partial charge in [0.15, 0.2) is 22.9 Å². The zero-order valence-corrected chi connectivity index (χ0v) is 15.8. The topological polar surface area (TPSA) is 63.2 Å². The first kappa shape index (κ1) is 18.1. The predicted molar refractivity (Wildman–Crippen MR) is 97.5 cm³/mol.